The van der Waals surface area contributed by atoms with Crippen LogP contribution < -0.4 is 11.3 Å². The Morgan fingerprint density at radius 3 is 3.00 bits per heavy atom. The van der Waals surface area contributed by atoms with Crippen molar-refractivity contribution in [1.29, 1.82) is 0 Å². The molecule has 0 radical (unpaired) electrons. The quantitative estimate of drug-likeness (QED) is 0.393. The molecule has 1 aliphatic heterocycles. The Balaban J connectivity index is 2.60. The van der Waals surface area contributed by atoms with Gasteiger partial charge in [0.1, 0.15) is 11.9 Å². The molecule has 0 fully saturated rings. The molecule has 0 aliphatic carbocycles. The summed E-state index contributed by atoms with van der Waals surface area (Å²) in [6.07, 6.45) is -0.212. The van der Waals surface area contributed by atoms with Crippen molar-refractivity contribution in [3.8, 4) is 0 Å². The SMILES string of the molecule is Cc1cc2c(nc1NN)C(=O)OC2C. The van der Waals surface area contributed by atoms with Gasteiger partial charge in [0.25, 0.3) is 0 Å². The molecule has 1 aromatic rings. The van der Waals surface area contributed by atoms with E-state index in [1.165, 1.54) is 0 Å². The van der Waals surface area contributed by atoms with E-state index in [2.05, 4.69) is 10.4 Å². The molecule has 2 rings (SSSR count). The van der Waals surface area contributed by atoms with E-state index in [9.17, 15) is 4.79 Å². The second kappa shape index (κ2) is 2.95. The van der Waals surface area contributed by atoms with Crippen LogP contribution in [0.3, 0.4) is 0 Å². The Morgan fingerprint density at radius 2 is 2.36 bits per heavy atom. The number of aryl methyl sites for hydroxylation is 1. The second-order valence-electron chi connectivity index (χ2n) is 3.28. The number of aromatic nitrogens is 1. The number of hydrogen-bond acceptors (Lipinski definition) is 5. The first-order valence-corrected chi connectivity index (χ1v) is 4.32. The van der Waals surface area contributed by atoms with Gasteiger partial charge in [-0.3, -0.25) is 0 Å². The molecular weight excluding hydrogens is 182 g/mol. The predicted octanol–water partition coefficient (Wildman–Crippen LogP) is 0.907. The number of rotatable bonds is 1. The van der Waals surface area contributed by atoms with Gasteiger partial charge in [0.15, 0.2) is 5.69 Å². The van der Waals surface area contributed by atoms with E-state index < -0.39 is 0 Å². The molecule has 1 unspecified atom stereocenters. The fourth-order valence-electron chi connectivity index (χ4n) is 1.53. The Bertz CT molecular complexity index is 403. The van der Waals surface area contributed by atoms with Crippen molar-refractivity contribution in [3.05, 3.63) is 22.9 Å². The normalized spacial score (nSPS) is 19.1. The molecule has 0 saturated carbocycles. The number of ether oxygens (including phenoxy) is 1. The number of anilines is 1. The van der Waals surface area contributed by atoms with Gasteiger partial charge in [-0.1, -0.05) is 0 Å². The van der Waals surface area contributed by atoms with Crippen LogP contribution in [0, 0.1) is 6.92 Å². The van der Waals surface area contributed by atoms with E-state index >= 15 is 0 Å². The van der Waals surface area contributed by atoms with Crippen LogP contribution in [0.4, 0.5) is 5.82 Å². The minimum atomic E-state index is -0.385. The Hall–Kier alpha value is -1.62. The number of carbonyl (C=O) groups is 1. The van der Waals surface area contributed by atoms with Crippen molar-refractivity contribution >= 4 is 11.8 Å². The molecule has 2 heterocycles. The Kier molecular flexibility index (Phi) is 1.89. The number of nitrogens with two attached hydrogens (primary N) is 1. The predicted molar refractivity (Wildman–Crippen MR) is 50.6 cm³/mol. The molecular formula is C9H11N3O2. The molecule has 0 bridgehead atoms. The molecule has 1 aromatic heterocycles. The van der Waals surface area contributed by atoms with Crippen molar-refractivity contribution in [2.75, 3.05) is 5.43 Å². The summed E-state index contributed by atoms with van der Waals surface area (Å²) < 4.78 is 5.02. The fraction of sp³-hybridized carbons (Fsp3) is 0.333. The molecule has 1 aliphatic rings. The summed E-state index contributed by atoms with van der Waals surface area (Å²) >= 11 is 0. The first-order chi connectivity index (χ1) is 6.63. The lowest BCUT2D eigenvalue weighted by Gasteiger charge is -2.06. The lowest BCUT2D eigenvalue weighted by Crippen LogP contribution is -2.12. The zero-order valence-electron chi connectivity index (χ0n) is 8.00. The maximum Gasteiger partial charge on any atom is 0.358 e. The van der Waals surface area contributed by atoms with E-state index in [4.69, 9.17) is 10.6 Å². The van der Waals surface area contributed by atoms with Gasteiger partial charge in [-0.05, 0) is 25.5 Å². The van der Waals surface area contributed by atoms with E-state index in [0.717, 1.165) is 11.1 Å². The highest BCUT2D eigenvalue weighted by atomic mass is 16.5. The third-order valence-electron chi connectivity index (χ3n) is 2.29. The molecule has 0 saturated heterocycles. The minimum Gasteiger partial charge on any atom is -0.453 e. The third kappa shape index (κ3) is 1.13. The summed E-state index contributed by atoms with van der Waals surface area (Å²) in [6.45, 7) is 3.69. The lowest BCUT2D eigenvalue weighted by atomic mass is 10.1. The van der Waals surface area contributed by atoms with Gasteiger partial charge >= 0.3 is 5.97 Å². The molecule has 1 atom stereocenters. The van der Waals surface area contributed by atoms with Crippen molar-refractivity contribution < 1.29 is 9.53 Å². The number of fused-ring (bicyclic) bond motifs is 1. The number of esters is 1. The summed E-state index contributed by atoms with van der Waals surface area (Å²) in [5.41, 5.74) is 4.52. The number of hydrogen-bond donors (Lipinski definition) is 2. The summed E-state index contributed by atoms with van der Waals surface area (Å²) in [4.78, 5) is 15.4. The largest absolute Gasteiger partial charge is 0.453 e. The van der Waals surface area contributed by atoms with Crippen molar-refractivity contribution in [1.82, 2.24) is 4.98 Å². The molecule has 3 N–H and O–H groups in total. The molecule has 14 heavy (non-hydrogen) atoms. The number of nitrogens with one attached hydrogen (secondary N) is 1. The standard InChI is InChI=1S/C9H11N3O2/c1-4-3-6-5(2)14-9(13)7(6)11-8(4)12-10/h3,5H,10H2,1-2H3,(H,11,12). The summed E-state index contributed by atoms with van der Waals surface area (Å²) in [6, 6.07) is 1.87. The highest BCUT2D eigenvalue weighted by molar-refractivity contribution is 5.92. The highest BCUT2D eigenvalue weighted by Gasteiger charge is 2.30. The van der Waals surface area contributed by atoms with Crippen LogP contribution in [0.15, 0.2) is 6.07 Å². The molecule has 74 valence electrons. The molecule has 0 amide bonds. The molecule has 0 aromatic carbocycles. The van der Waals surface area contributed by atoms with Crippen molar-refractivity contribution in [2.45, 2.75) is 20.0 Å². The van der Waals surface area contributed by atoms with Gasteiger partial charge in [-0.25, -0.2) is 15.6 Å². The van der Waals surface area contributed by atoms with E-state index in [-0.39, 0.29) is 12.1 Å². The minimum absolute atomic E-state index is 0.212. The molecule has 0 spiro atoms. The Morgan fingerprint density at radius 1 is 1.64 bits per heavy atom. The highest BCUT2D eigenvalue weighted by Crippen LogP contribution is 2.31. The monoisotopic (exact) mass is 193 g/mol. The first-order valence-electron chi connectivity index (χ1n) is 4.32. The fourth-order valence-corrected chi connectivity index (χ4v) is 1.53. The molecule has 5 nitrogen and oxygen atoms in total. The maximum atomic E-state index is 11.3. The van der Waals surface area contributed by atoms with Crippen LogP contribution in [0.25, 0.3) is 0 Å². The van der Waals surface area contributed by atoms with Crippen LogP contribution in [-0.4, -0.2) is 11.0 Å². The zero-order chi connectivity index (χ0) is 10.3. The number of pyridine rings is 1. The summed E-state index contributed by atoms with van der Waals surface area (Å²) in [5.74, 6) is 5.38. The van der Waals surface area contributed by atoms with Crippen LogP contribution in [0.1, 0.15) is 34.6 Å². The topological polar surface area (TPSA) is 77.2 Å². The van der Waals surface area contributed by atoms with Crippen LogP contribution in [-0.2, 0) is 4.74 Å². The zero-order valence-corrected chi connectivity index (χ0v) is 8.00. The van der Waals surface area contributed by atoms with Gasteiger partial charge in [0.05, 0.1) is 0 Å². The number of nitrogen functional groups attached to an aromatic ring is 1. The smallest absolute Gasteiger partial charge is 0.358 e. The van der Waals surface area contributed by atoms with Gasteiger partial charge in [0, 0.05) is 5.56 Å². The van der Waals surface area contributed by atoms with Crippen LogP contribution in [0.5, 0.6) is 0 Å². The van der Waals surface area contributed by atoms with Crippen LogP contribution in [0.2, 0.25) is 0 Å². The average molecular weight is 193 g/mol. The maximum absolute atomic E-state index is 11.3. The lowest BCUT2D eigenvalue weighted by molar-refractivity contribution is 0.0418. The average Bonchev–Trinajstić information content (AvgIpc) is 2.41. The Labute approximate surface area is 81.2 Å². The van der Waals surface area contributed by atoms with E-state index in [1.54, 1.807) is 0 Å². The number of hydrazine groups is 1. The summed E-state index contributed by atoms with van der Waals surface area (Å²) in [5, 5.41) is 0. The number of nitrogens with zero attached hydrogens (tertiary/aromatic N) is 1. The van der Waals surface area contributed by atoms with E-state index in [1.807, 2.05) is 19.9 Å². The van der Waals surface area contributed by atoms with E-state index in [0.29, 0.717) is 11.5 Å². The van der Waals surface area contributed by atoms with Gasteiger partial charge < -0.3 is 10.2 Å². The first kappa shape index (κ1) is 8.96. The van der Waals surface area contributed by atoms with Crippen LogP contribution >= 0.6 is 0 Å². The van der Waals surface area contributed by atoms with Crippen molar-refractivity contribution in [2.24, 2.45) is 5.84 Å². The third-order valence-corrected chi connectivity index (χ3v) is 2.29. The number of carbonyl (C=O) groups excluding carboxylic acids is 1. The van der Waals surface area contributed by atoms with Crippen molar-refractivity contribution in [3.63, 3.8) is 0 Å². The molecule has 5 heteroatoms. The number of cyclic esters (lactones) is 1. The van der Waals surface area contributed by atoms with Gasteiger partial charge in [-0.2, -0.15) is 0 Å². The summed E-state index contributed by atoms with van der Waals surface area (Å²) in [7, 11) is 0. The van der Waals surface area contributed by atoms with Gasteiger partial charge in [0.2, 0.25) is 0 Å². The van der Waals surface area contributed by atoms with Gasteiger partial charge in [-0.15, -0.1) is 0 Å². The second-order valence-corrected chi connectivity index (χ2v) is 3.28.